The third kappa shape index (κ3) is 4.11. The van der Waals surface area contributed by atoms with E-state index in [0.29, 0.717) is 19.5 Å². The molecule has 0 unspecified atom stereocenters. The van der Waals surface area contributed by atoms with E-state index in [1.807, 2.05) is 20.9 Å². The molecule has 0 bridgehead atoms. The Bertz CT molecular complexity index is 766. The summed E-state index contributed by atoms with van der Waals surface area (Å²) in [5.41, 5.74) is 2.80. The number of nitrogens with zero attached hydrogens (tertiary/aromatic N) is 3. The van der Waals surface area contributed by atoms with Crippen LogP contribution in [0, 0.1) is 13.8 Å². The highest BCUT2D eigenvalue weighted by Crippen LogP contribution is 2.23. The van der Waals surface area contributed by atoms with Gasteiger partial charge >= 0.3 is 0 Å². The van der Waals surface area contributed by atoms with Crippen molar-refractivity contribution in [3.8, 4) is 0 Å². The first-order chi connectivity index (χ1) is 12.3. The molecule has 0 aromatic carbocycles. The van der Waals surface area contributed by atoms with E-state index in [0.717, 1.165) is 49.1 Å². The second-order valence-electron chi connectivity index (χ2n) is 7.70. The van der Waals surface area contributed by atoms with E-state index in [9.17, 15) is 13.2 Å². The Labute approximate surface area is 156 Å². The van der Waals surface area contributed by atoms with Crippen LogP contribution in [0.3, 0.4) is 0 Å². The zero-order valence-electron chi connectivity index (χ0n) is 16.0. The Balaban J connectivity index is 1.64. The minimum Gasteiger partial charge on any atom is -0.341 e. The Morgan fingerprint density at radius 2 is 1.88 bits per heavy atom. The number of likely N-dealkylation sites (tertiary alicyclic amines) is 1. The zero-order valence-corrected chi connectivity index (χ0v) is 16.8. The molecule has 1 aliphatic heterocycles. The average Bonchev–Trinajstić information content (AvgIpc) is 3.18. The number of nitrogens with one attached hydrogen (secondary N) is 1. The second-order valence-corrected chi connectivity index (χ2v) is 9.69. The lowest BCUT2D eigenvalue weighted by Crippen LogP contribution is -2.50. The van der Waals surface area contributed by atoms with Crippen LogP contribution in [-0.2, 0) is 28.3 Å². The van der Waals surface area contributed by atoms with Crippen LogP contribution < -0.4 is 4.72 Å². The number of hydrogen-bond donors (Lipinski definition) is 1. The van der Waals surface area contributed by atoms with Gasteiger partial charge in [-0.25, -0.2) is 13.1 Å². The van der Waals surface area contributed by atoms with Crippen LogP contribution >= 0.6 is 0 Å². The van der Waals surface area contributed by atoms with Crippen LogP contribution in [0.25, 0.3) is 0 Å². The lowest BCUT2D eigenvalue weighted by molar-refractivity contribution is -0.131. The summed E-state index contributed by atoms with van der Waals surface area (Å²) >= 11 is 0. The topological polar surface area (TPSA) is 84.3 Å². The van der Waals surface area contributed by atoms with Crippen LogP contribution in [0.1, 0.15) is 55.5 Å². The van der Waals surface area contributed by atoms with E-state index in [1.54, 1.807) is 9.58 Å². The Morgan fingerprint density at radius 3 is 2.50 bits per heavy atom. The molecule has 0 radical (unpaired) electrons. The van der Waals surface area contributed by atoms with Gasteiger partial charge in [0.15, 0.2) is 0 Å². The fourth-order valence-corrected chi connectivity index (χ4v) is 5.87. The molecule has 8 heteroatoms. The number of aromatic nitrogens is 2. The summed E-state index contributed by atoms with van der Waals surface area (Å²) in [7, 11) is -1.51. The maximum absolute atomic E-state index is 12.8. The van der Waals surface area contributed by atoms with Gasteiger partial charge in [0.1, 0.15) is 0 Å². The van der Waals surface area contributed by atoms with Crippen LogP contribution in [-0.4, -0.2) is 53.4 Å². The minimum atomic E-state index is -3.38. The standard InChI is InChI=1S/C18H30N4O3S/c1-13-17(14(2)21(3)19-13)11-18(23)22-10-6-9-16(12-22)26(24,25)20-15-7-4-5-8-15/h15-16,20H,4-12H2,1-3H3/t16-/m0/s1. The molecule has 0 spiro atoms. The van der Waals surface area contributed by atoms with Crippen molar-refractivity contribution in [2.24, 2.45) is 7.05 Å². The summed E-state index contributed by atoms with van der Waals surface area (Å²) in [6, 6.07) is 0.0757. The van der Waals surface area contributed by atoms with Gasteiger partial charge in [0.05, 0.1) is 17.4 Å². The first kappa shape index (κ1) is 19.4. The molecule has 1 aromatic heterocycles. The van der Waals surface area contributed by atoms with Gasteiger partial charge in [0.25, 0.3) is 0 Å². The second kappa shape index (κ2) is 7.68. The summed E-state index contributed by atoms with van der Waals surface area (Å²) in [5, 5.41) is 3.86. The Morgan fingerprint density at radius 1 is 1.19 bits per heavy atom. The first-order valence-corrected chi connectivity index (χ1v) is 11.1. The number of sulfonamides is 1. The predicted octanol–water partition coefficient (Wildman–Crippen LogP) is 1.43. The fourth-order valence-electron chi connectivity index (χ4n) is 4.13. The van der Waals surface area contributed by atoms with E-state index < -0.39 is 15.3 Å². The number of hydrogen-bond acceptors (Lipinski definition) is 4. The molecular formula is C18H30N4O3S. The number of aryl methyl sites for hydroxylation is 2. The van der Waals surface area contributed by atoms with Crippen molar-refractivity contribution < 1.29 is 13.2 Å². The van der Waals surface area contributed by atoms with Gasteiger partial charge in [-0.05, 0) is 39.5 Å². The van der Waals surface area contributed by atoms with Crippen LogP contribution in [0.4, 0.5) is 0 Å². The van der Waals surface area contributed by atoms with E-state index in [1.165, 1.54) is 0 Å². The number of piperidine rings is 1. The van der Waals surface area contributed by atoms with Crippen molar-refractivity contribution in [3.05, 3.63) is 17.0 Å². The zero-order chi connectivity index (χ0) is 18.9. The molecule has 2 fully saturated rings. The molecule has 26 heavy (non-hydrogen) atoms. The van der Waals surface area contributed by atoms with Crippen molar-refractivity contribution in [1.29, 1.82) is 0 Å². The molecule has 1 saturated carbocycles. The molecule has 1 N–H and O–H groups in total. The maximum Gasteiger partial charge on any atom is 0.227 e. The lowest BCUT2D eigenvalue weighted by Gasteiger charge is -2.33. The molecule has 2 aliphatic rings. The van der Waals surface area contributed by atoms with Gasteiger partial charge in [-0.15, -0.1) is 0 Å². The molecule has 3 rings (SSSR count). The van der Waals surface area contributed by atoms with Crippen LogP contribution in [0.15, 0.2) is 0 Å². The SMILES string of the molecule is Cc1nn(C)c(C)c1CC(=O)N1CCC[C@H](S(=O)(=O)NC2CCCC2)C1. The Kier molecular flexibility index (Phi) is 5.72. The summed E-state index contributed by atoms with van der Waals surface area (Å²) in [6.07, 6.45) is 5.67. The van der Waals surface area contributed by atoms with Gasteiger partial charge in [-0.3, -0.25) is 9.48 Å². The molecule has 146 valence electrons. The highest BCUT2D eigenvalue weighted by molar-refractivity contribution is 7.90. The third-order valence-electron chi connectivity index (χ3n) is 5.84. The largest absolute Gasteiger partial charge is 0.341 e. The molecule has 1 amide bonds. The number of rotatable bonds is 5. The van der Waals surface area contributed by atoms with Crippen LogP contribution in [0.2, 0.25) is 0 Å². The molecule has 1 saturated heterocycles. The van der Waals surface area contributed by atoms with E-state index in [4.69, 9.17) is 0 Å². The summed E-state index contributed by atoms with van der Waals surface area (Å²) in [6.45, 7) is 4.79. The van der Waals surface area contributed by atoms with E-state index in [-0.39, 0.29) is 18.4 Å². The summed E-state index contributed by atoms with van der Waals surface area (Å²) < 4.78 is 30.1. The molecule has 2 heterocycles. The monoisotopic (exact) mass is 382 g/mol. The number of carbonyl (C=O) groups excluding carboxylic acids is 1. The fraction of sp³-hybridized carbons (Fsp3) is 0.778. The van der Waals surface area contributed by atoms with Crippen LogP contribution in [0.5, 0.6) is 0 Å². The number of carbonyl (C=O) groups is 1. The normalized spacial score (nSPS) is 22.1. The maximum atomic E-state index is 12.8. The predicted molar refractivity (Wildman–Crippen MR) is 100 cm³/mol. The minimum absolute atomic E-state index is 0.00929. The van der Waals surface area contributed by atoms with Crippen molar-refractivity contribution >= 4 is 15.9 Å². The summed E-state index contributed by atoms with van der Waals surface area (Å²) in [4.78, 5) is 14.5. The third-order valence-corrected chi connectivity index (χ3v) is 7.77. The van der Waals surface area contributed by atoms with Gasteiger partial charge in [0.2, 0.25) is 15.9 Å². The number of amides is 1. The van der Waals surface area contributed by atoms with Crippen molar-refractivity contribution in [2.45, 2.75) is 70.1 Å². The Hall–Kier alpha value is -1.41. The van der Waals surface area contributed by atoms with Gasteiger partial charge in [-0.1, -0.05) is 12.8 Å². The van der Waals surface area contributed by atoms with Crippen molar-refractivity contribution in [2.75, 3.05) is 13.1 Å². The van der Waals surface area contributed by atoms with E-state index >= 15 is 0 Å². The summed E-state index contributed by atoms with van der Waals surface area (Å²) in [5.74, 6) is -0.00929. The molecular weight excluding hydrogens is 352 g/mol. The molecule has 1 aromatic rings. The highest BCUT2D eigenvalue weighted by Gasteiger charge is 2.34. The lowest BCUT2D eigenvalue weighted by atomic mass is 10.1. The van der Waals surface area contributed by atoms with Crippen molar-refractivity contribution in [1.82, 2.24) is 19.4 Å². The quantitative estimate of drug-likeness (QED) is 0.835. The first-order valence-electron chi connectivity index (χ1n) is 9.56. The van der Waals surface area contributed by atoms with Gasteiger partial charge in [-0.2, -0.15) is 5.10 Å². The molecule has 1 atom stereocenters. The van der Waals surface area contributed by atoms with E-state index in [2.05, 4.69) is 9.82 Å². The average molecular weight is 383 g/mol. The van der Waals surface area contributed by atoms with Gasteiger partial charge < -0.3 is 4.90 Å². The van der Waals surface area contributed by atoms with Gasteiger partial charge in [0, 0.05) is 37.4 Å². The molecule has 1 aliphatic carbocycles. The van der Waals surface area contributed by atoms with Crippen molar-refractivity contribution in [3.63, 3.8) is 0 Å². The molecule has 7 nitrogen and oxygen atoms in total. The smallest absolute Gasteiger partial charge is 0.227 e. The highest BCUT2D eigenvalue weighted by atomic mass is 32.2.